The lowest BCUT2D eigenvalue weighted by molar-refractivity contribution is 0.196. The van der Waals surface area contributed by atoms with Crippen molar-refractivity contribution in [2.45, 2.75) is 13.0 Å². The predicted octanol–water partition coefficient (Wildman–Crippen LogP) is 1.96. The number of methoxy groups -OCH3 is 1. The smallest absolute Gasteiger partial charge is 0.119 e. The topological polar surface area (TPSA) is 35.9 Å². The molecule has 0 bridgehead atoms. The van der Waals surface area contributed by atoms with E-state index in [9.17, 15) is 0 Å². The van der Waals surface area contributed by atoms with Crippen LogP contribution in [0.1, 0.15) is 12.0 Å². The van der Waals surface area contributed by atoms with Crippen LogP contribution in [0.25, 0.3) is 0 Å². The highest BCUT2D eigenvalue weighted by Gasteiger charge is 2.15. The van der Waals surface area contributed by atoms with Gasteiger partial charge >= 0.3 is 0 Å². The largest absolute Gasteiger partial charge is 0.497 e. The summed E-state index contributed by atoms with van der Waals surface area (Å²) < 4.78 is 6.43. The van der Waals surface area contributed by atoms with Gasteiger partial charge < -0.3 is 9.84 Å². The van der Waals surface area contributed by atoms with Crippen LogP contribution < -0.4 is 4.74 Å². The maximum atomic E-state index is 9.03. The zero-order valence-corrected chi connectivity index (χ0v) is 13.6. The first-order chi connectivity index (χ1) is 9.72. The Hall–Kier alpha value is -0.620. The third-order valence-electron chi connectivity index (χ3n) is 3.74. The Kier molecular flexibility index (Phi) is 6.29. The van der Waals surface area contributed by atoms with Crippen LogP contribution in [0.5, 0.6) is 5.75 Å². The minimum atomic E-state index is 0.251. The van der Waals surface area contributed by atoms with Gasteiger partial charge in [-0.1, -0.05) is 15.9 Å². The molecule has 1 aromatic rings. The van der Waals surface area contributed by atoms with Crippen molar-refractivity contribution in [2.75, 3.05) is 46.4 Å². The first-order valence-electron chi connectivity index (χ1n) is 7.11. The molecule has 2 rings (SSSR count). The number of β-amino-alcohol motifs (C(OH)–C–C–N with tert-alkyl or cyclic N) is 1. The molecule has 4 nitrogen and oxygen atoms in total. The second-order valence-corrected chi connectivity index (χ2v) is 6.01. The summed E-state index contributed by atoms with van der Waals surface area (Å²) in [6, 6.07) is 6.11. The molecule has 1 aromatic carbocycles. The highest BCUT2D eigenvalue weighted by Crippen LogP contribution is 2.24. The number of rotatable bonds is 5. The molecule has 0 aliphatic carbocycles. The van der Waals surface area contributed by atoms with E-state index >= 15 is 0 Å². The Morgan fingerprint density at radius 1 is 1.20 bits per heavy atom. The number of aliphatic hydroxyl groups is 1. The lowest BCUT2D eigenvalue weighted by Gasteiger charge is -2.22. The molecule has 1 saturated heterocycles. The average Bonchev–Trinajstić information content (AvgIpc) is 2.67. The number of nitrogens with zero attached hydrogens (tertiary/aromatic N) is 2. The standard InChI is InChI=1S/C15H23BrN2O2/c1-20-14-3-4-15(16)13(11-14)12-18-6-2-5-17(7-8-18)9-10-19/h3-4,11,19H,2,5-10,12H2,1H3. The summed E-state index contributed by atoms with van der Waals surface area (Å²) in [5.41, 5.74) is 1.26. The van der Waals surface area contributed by atoms with E-state index in [2.05, 4.69) is 31.8 Å². The summed E-state index contributed by atoms with van der Waals surface area (Å²) in [5, 5.41) is 9.03. The molecule has 0 aromatic heterocycles. The summed E-state index contributed by atoms with van der Waals surface area (Å²) in [6.07, 6.45) is 1.15. The van der Waals surface area contributed by atoms with Gasteiger partial charge in [0, 0.05) is 30.7 Å². The second kappa shape index (κ2) is 7.98. The van der Waals surface area contributed by atoms with Gasteiger partial charge in [0.1, 0.15) is 5.75 Å². The van der Waals surface area contributed by atoms with E-state index in [1.165, 1.54) is 5.56 Å². The van der Waals surface area contributed by atoms with Crippen molar-refractivity contribution >= 4 is 15.9 Å². The molecule has 1 aliphatic heterocycles. The molecular formula is C15H23BrN2O2. The maximum absolute atomic E-state index is 9.03. The molecule has 112 valence electrons. The number of benzene rings is 1. The van der Waals surface area contributed by atoms with Gasteiger partial charge in [-0.25, -0.2) is 0 Å². The van der Waals surface area contributed by atoms with Gasteiger partial charge in [0.25, 0.3) is 0 Å². The molecule has 1 aliphatic rings. The Bertz CT molecular complexity index is 428. The van der Waals surface area contributed by atoms with Crippen molar-refractivity contribution in [2.24, 2.45) is 0 Å². The molecule has 0 saturated carbocycles. The van der Waals surface area contributed by atoms with Gasteiger partial charge in [0.2, 0.25) is 0 Å². The molecule has 1 fully saturated rings. The van der Waals surface area contributed by atoms with Crippen molar-refractivity contribution in [1.29, 1.82) is 0 Å². The predicted molar refractivity (Wildman–Crippen MR) is 84.1 cm³/mol. The van der Waals surface area contributed by atoms with Crippen LogP contribution in [-0.4, -0.2) is 61.3 Å². The minimum absolute atomic E-state index is 0.251. The van der Waals surface area contributed by atoms with Gasteiger partial charge in [-0.15, -0.1) is 0 Å². The lowest BCUT2D eigenvalue weighted by atomic mass is 10.2. The Morgan fingerprint density at radius 2 is 1.95 bits per heavy atom. The molecule has 0 unspecified atom stereocenters. The van der Waals surface area contributed by atoms with Crippen molar-refractivity contribution in [3.8, 4) is 5.75 Å². The zero-order chi connectivity index (χ0) is 14.4. The van der Waals surface area contributed by atoms with Crippen molar-refractivity contribution in [1.82, 2.24) is 9.80 Å². The third kappa shape index (κ3) is 4.45. The minimum Gasteiger partial charge on any atom is -0.497 e. The van der Waals surface area contributed by atoms with Crippen LogP contribution in [0.4, 0.5) is 0 Å². The summed E-state index contributed by atoms with van der Waals surface area (Å²) in [4.78, 5) is 4.80. The number of hydrogen-bond acceptors (Lipinski definition) is 4. The Balaban J connectivity index is 1.96. The van der Waals surface area contributed by atoms with Gasteiger partial charge in [-0.05, 0) is 43.3 Å². The highest BCUT2D eigenvalue weighted by molar-refractivity contribution is 9.10. The van der Waals surface area contributed by atoms with E-state index in [4.69, 9.17) is 9.84 Å². The van der Waals surface area contributed by atoms with Gasteiger partial charge in [0.15, 0.2) is 0 Å². The van der Waals surface area contributed by atoms with Crippen LogP contribution >= 0.6 is 15.9 Å². The van der Waals surface area contributed by atoms with Crippen molar-refractivity contribution in [3.05, 3.63) is 28.2 Å². The quantitative estimate of drug-likeness (QED) is 0.887. The molecule has 5 heteroatoms. The van der Waals surface area contributed by atoms with Crippen molar-refractivity contribution in [3.63, 3.8) is 0 Å². The molecule has 0 spiro atoms. The van der Waals surface area contributed by atoms with E-state index in [1.54, 1.807) is 7.11 Å². The fraction of sp³-hybridized carbons (Fsp3) is 0.600. The second-order valence-electron chi connectivity index (χ2n) is 5.15. The normalized spacial score (nSPS) is 17.9. The van der Waals surface area contributed by atoms with E-state index < -0.39 is 0 Å². The van der Waals surface area contributed by atoms with E-state index in [0.717, 1.165) is 55.9 Å². The Morgan fingerprint density at radius 3 is 2.70 bits per heavy atom. The lowest BCUT2D eigenvalue weighted by Crippen LogP contribution is -2.32. The molecule has 0 atom stereocenters. The number of halogens is 1. The average molecular weight is 343 g/mol. The summed E-state index contributed by atoms with van der Waals surface area (Å²) in [7, 11) is 1.70. The monoisotopic (exact) mass is 342 g/mol. The van der Waals surface area contributed by atoms with E-state index in [-0.39, 0.29) is 6.61 Å². The fourth-order valence-electron chi connectivity index (χ4n) is 2.59. The van der Waals surface area contributed by atoms with Crippen LogP contribution in [0.15, 0.2) is 22.7 Å². The van der Waals surface area contributed by atoms with E-state index in [1.807, 2.05) is 12.1 Å². The Labute approximate surface area is 129 Å². The summed E-state index contributed by atoms with van der Waals surface area (Å²) in [5.74, 6) is 0.903. The van der Waals surface area contributed by atoms with Crippen LogP contribution in [0, 0.1) is 0 Å². The van der Waals surface area contributed by atoms with Crippen LogP contribution in [0.2, 0.25) is 0 Å². The number of hydrogen-bond donors (Lipinski definition) is 1. The van der Waals surface area contributed by atoms with Gasteiger partial charge in [-0.3, -0.25) is 9.80 Å². The zero-order valence-electron chi connectivity index (χ0n) is 12.0. The van der Waals surface area contributed by atoms with Gasteiger partial charge in [-0.2, -0.15) is 0 Å². The molecular weight excluding hydrogens is 320 g/mol. The summed E-state index contributed by atoms with van der Waals surface area (Å²) >= 11 is 3.62. The highest BCUT2D eigenvalue weighted by atomic mass is 79.9. The van der Waals surface area contributed by atoms with Crippen LogP contribution in [0.3, 0.4) is 0 Å². The summed E-state index contributed by atoms with van der Waals surface area (Å²) in [6.45, 7) is 6.23. The number of ether oxygens (including phenoxy) is 1. The molecule has 20 heavy (non-hydrogen) atoms. The third-order valence-corrected chi connectivity index (χ3v) is 4.52. The number of aliphatic hydroxyl groups excluding tert-OH is 1. The van der Waals surface area contributed by atoms with Crippen LogP contribution in [-0.2, 0) is 6.54 Å². The molecule has 0 amide bonds. The first kappa shape index (κ1) is 15.8. The first-order valence-corrected chi connectivity index (χ1v) is 7.90. The fourth-order valence-corrected chi connectivity index (χ4v) is 2.96. The molecule has 1 N–H and O–H groups in total. The maximum Gasteiger partial charge on any atom is 0.119 e. The van der Waals surface area contributed by atoms with Crippen molar-refractivity contribution < 1.29 is 9.84 Å². The van der Waals surface area contributed by atoms with E-state index in [0.29, 0.717) is 0 Å². The SMILES string of the molecule is COc1ccc(Br)c(CN2CCCN(CCO)CC2)c1. The molecule has 1 heterocycles. The van der Waals surface area contributed by atoms with Gasteiger partial charge in [0.05, 0.1) is 13.7 Å². The molecule has 0 radical (unpaired) electrons.